The van der Waals surface area contributed by atoms with E-state index in [1.165, 1.54) is 18.2 Å². The van der Waals surface area contributed by atoms with Crippen LogP contribution in [-0.4, -0.2) is 43.4 Å². The van der Waals surface area contributed by atoms with E-state index in [0.29, 0.717) is 5.56 Å². The molecule has 1 aromatic carbocycles. The fraction of sp³-hybridized carbons (Fsp3) is 0.588. The summed E-state index contributed by atoms with van der Waals surface area (Å²) in [5.41, 5.74) is -0.450. The van der Waals surface area contributed by atoms with Crippen molar-refractivity contribution in [2.24, 2.45) is 0 Å². The monoisotopic (exact) mass is 370 g/mol. The lowest BCUT2D eigenvalue weighted by molar-refractivity contribution is 0.00578. The minimum Gasteiger partial charge on any atom is -0.399 e. The largest absolute Gasteiger partial charge is 0.497 e. The van der Waals surface area contributed by atoms with Crippen molar-refractivity contribution >= 4 is 30.9 Å². The Balaban J connectivity index is 0.00000225. The van der Waals surface area contributed by atoms with Crippen molar-refractivity contribution < 1.29 is 18.5 Å². The van der Waals surface area contributed by atoms with Crippen molar-refractivity contribution in [3.8, 4) is 0 Å². The van der Waals surface area contributed by atoms with Crippen LogP contribution < -0.4 is 16.1 Å². The molecule has 0 unspecified atom stereocenters. The van der Waals surface area contributed by atoms with Gasteiger partial charge >= 0.3 is 7.12 Å². The number of nitrogens with one attached hydrogen (secondary N) is 2. The molecule has 0 spiro atoms. The van der Waals surface area contributed by atoms with E-state index in [9.17, 15) is 9.18 Å². The van der Waals surface area contributed by atoms with Gasteiger partial charge in [-0.1, -0.05) is 0 Å². The van der Waals surface area contributed by atoms with E-state index >= 15 is 0 Å². The van der Waals surface area contributed by atoms with E-state index in [4.69, 9.17) is 9.31 Å². The number of hydrogen-bond acceptors (Lipinski definition) is 4. The van der Waals surface area contributed by atoms with Gasteiger partial charge in [-0.2, -0.15) is 0 Å². The highest BCUT2D eigenvalue weighted by molar-refractivity contribution is 6.62. The topological polar surface area (TPSA) is 59.6 Å². The first-order valence-corrected chi connectivity index (χ1v) is 8.36. The number of carbonyl (C=O) groups is 1. The Kier molecular flexibility index (Phi) is 5.83. The summed E-state index contributed by atoms with van der Waals surface area (Å²) in [5.74, 6) is -0.644. The van der Waals surface area contributed by atoms with Crippen LogP contribution in [0.2, 0.25) is 0 Å². The van der Waals surface area contributed by atoms with Crippen LogP contribution >= 0.6 is 12.4 Å². The van der Waals surface area contributed by atoms with Crippen molar-refractivity contribution in [2.75, 3.05) is 13.1 Å². The number of rotatable bonds is 3. The molecule has 0 saturated carbocycles. The average molecular weight is 371 g/mol. The molecular formula is C17H25BClFN2O3. The molecule has 0 aliphatic carbocycles. The maximum Gasteiger partial charge on any atom is 0.497 e. The summed E-state index contributed by atoms with van der Waals surface area (Å²) < 4.78 is 26.1. The zero-order chi connectivity index (χ0) is 17.5. The second-order valence-corrected chi connectivity index (χ2v) is 7.49. The molecule has 2 heterocycles. The third-order valence-corrected chi connectivity index (χ3v) is 5.16. The van der Waals surface area contributed by atoms with Crippen molar-refractivity contribution in [1.29, 1.82) is 0 Å². The van der Waals surface area contributed by atoms with Gasteiger partial charge < -0.3 is 19.9 Å². The summed E-state index contributed by atoms with van der Waals surface area (Å²) >= 11 is 0. The molecule has 0 aromatic heterocycles. The van der Waals surface area contributed by atoms with Gasteiger partial charge in [-0.05, 0) is 58.9 Å². The predicted molar refractivity (Wildman–Crippen MR) is 98.1 cm³/mol. The number of hydrogen-bond donors (Lipinski definition) is 2. The maximum atomic E-state index is 14.3. The Labute approximate surface area is 154 Å². The first-order chi connectivity index (χ1) is 11.2. The molecule has 25 heavy (non-hydrogen) atoms. The molecule has 5 nitrogen and oxygen atoms in total. The van der Waals surface area contributed by atoms with Gasteiger partial charge in [0.05, 0.1) is 11.2 Å². The van der Waals surface area contributed by atoms with Crippen molar-refractivity contribution in [1.82, 2.24) is 10.6 Å². The molecule has 2 fully saturated rings. The average Bonchev–Trinajstić information content (AvgIpc) is 3.05. The lowest BCUT2D eigenvalue weighted by atomic mass is 9.78. The Morgan fingerprint density at radius 3 is 2.48 bits per heavy atom. The molecule has 0 radical (unpaired) electrons. The normalized spacial score (nSPS) is 24.0. The van der Waals surface area contributed by atoms with E-state index in [0.717, 1.165) is 19.5 Å². The van der Waals surface area contributed by atoms with Crippen molar-refractivity contribution in [3.63, 3.8) is 0 Å². The summed E-state index contributed by atoms with van der Waals surface area (Å²) in [6.45, 7) is 9.30. The smallest absolute Gasteiger partial charge is 0.399 e. The molecule has 3 rings (SSSR count). The van der Waals surface area contributed by atoms with E-state index < -0.39 is 24.1 Å². The third-order valence-electron chi connectivity index (χ3n) is 5.16. The summed E-state index contributed by atoms with van der Waals surface area (Å²) in [6.07, 6.45) is 0.900. The molecule has 1 amide bonds. The van der Waals surface area contributed by atoms with Gasteiger partial charge in [-0.3, -0.25) is 4.79 Å². The Morgan fingerprint density at radius 1 is 1.28 bits per heavy atom. The van der Waals surface area contributed by atoms with Crippen LogP contribution in [0.1, 0.15) is 44.5 Å². The summed E-state index contributed by atoms with van der Waals surface area (Å²) in [6, 6.07) is 4.42. The predicted octanol–water partition coefficient (Wildman–Crippen LogP) is 1.64. The van der Waals surface area contributed by atoms with E-state index in [1.807, 2.05) is 27.7 Å². The number of benzene rings is 1. The van der Waals surface area contributed by atoms with Crippen LogP contribution in [0.4, 0.5) is 4.39 Å². The Morgan fingerprint density at radius 2 is 1.92 bits per heavy atom. The maximum absolute atomic E-state index is 14.3. The second-order valence-electron chi connectivity index (χ2n) is 7.49. The van der Waals surface area contributed by atoms with Crippen molar-refractivity contribution in [2.45, 2.75) is 51.4 Å². The second kappa shape index (κ2) is 7.23. The zero-order valence-electron chi connectivity index (χ0n) is 15.0. The van der Waals surface area contributed by atoms with Gasteiger partial charge in [0.25, 0.3) is 5.91 Å². The lowest BCUT2D eigenvalue weighted by Crippen LogP contribution is -2.41. The molecular weight excluding hydrogens is 345 g/mol. The number of amides is 1. The van der Waals surface area contributed by atoms with Crippen LogP contribution in [0.5, 0.6) is 0 Å². The summed E-state index contributed by atoms with van der Waals surface area (Å²) in [5, 5.41) is 6.16. The molecule has 2 aliphatic rings. The van der Waals surface area contributed by atoms with Crippen LogP contribution in [0, 0.1) is 5.82 Å². The first-order valence-electron chi connectivity index (χ1n) is 8.36. The van der Waals surface area contributed by atoms with E-state index in [2.05, 4.69) is 10.6 Å². The number of halogens is 2. The fourth-order valence-corrected chi connectivity index (χ4v) is 2.88. The van der Waals surface area contributed by atoms with Gasteiger partial charge in [0.1, 0.15) is 5.82 Å². The first kappa shape index (κ1) is 20.2. The Bertz CT molecular complexity index is 635. The fourth-order valence-electron chi connectivity index (χ4n) is 2.88. The molecule has 1 aromatic rings. The minimum atomic E-state index is -0.823. The summed E-state index contributed by atoms with van der Waals surface area (Å²) in [4.78, 5) is 12.4. The van der Waals surface area contributed by atoms with Crippen LogP contribution in [0.3, 0.4) is 0 Å². The van der Waals surface area contributed by atoms with Gasteiger partial charge in [-0.25, -0.2) is 4.39 Å². The minimum absolute atomic E-state index is 0. The van der Waals surface area contributed by atoms with Crippen molar-refractivity contribution in [3.05, 3.63) is 29.6 Å². The highest BCUT2D eigenvalue weighted by Gasteiger charge is 2.52. The molecule has 8 heteroatoms. The third kappa shape index (κ3) is 4.00. The highest BCUT2D eigenvalue weighted by atomic mass is 35.5. The molecule has 0 bridgehead atoms. The standard InChI is InChI=1S/C17H24BFN2O3.ClH/c1-16(2)17(3,4)24-18(23-16)13-9-11(5-6-14(13)19)15(22)21-12-7-8-20-10-12;/h5-6,9,12,20H,7-8,10H2,1-4H3,(H,21,22);1H/t12-;/m0./s1. The van der Waals surface area contributed by atoms with Crippen LogP contribution in [-0.2, 0) is 9.31 Å². The molecule has 138 valence electrons. The van der Waals surface area contributed by atoms with Gasteiger partial charge in [-0.15, -0.1) is 12.4 Å². The van der Waals surface area contributed by atoms with Gasteiger partial charge in [0.2, 0.25) is 0 Å². The SMILES string of the molecule is CC1(C)OB(c2cc(C(=O)N[C@H]3CCNC3)ccc2F)OC1(C)C.Cl. The van der Waals surface area contributed by atoms with Crippen LogP contribution in [0.25, 0.3) is 0 Å². The Hall–Kier alpha value is -1.15. The van der Waals surface area contributed by atoms with Gasteiger partial charge in [0.15, 0.2) is 0 Å². The molecule has 2 aliphatic heterocycles. The van der Waals surface area contributed by atoms with E-state index in [-0.39, 0.29) is 29.8 Å². The van der Waals surface area contributed by atoms with Crippen LogP contribution in [0.15, 0.2) is 18.2 Å². The summed E-state index contributed by atoms with van der Waals surface area (Å²) in [7, 11) is -0.823. The zero-order valence-corrected chi connectivity index (χ0v) is 15.8. The number of carbonyl (C=O) groups excluding carboxylic acids is 1. The van der Waals surface area contributed by atoms with Gasteiger partial charge in [0, 0.05) is 23.6 Å². The molecule has 2 saturated heterocycles. The highest BCUT2D eigenvalue weighted by Crippen LogP contribution is 2.36. The van der Waals surface area contributed by atoms with E-state index in [1.54, 1.807) is 0 Å². The molecule has 2 N–H and O–H groups in total. The molecule has 1 atom stereocenters. The quantitative estimate of drug-likeness (QED) is 0.794. The lowest BCUT2D eigenvalue weighted by Gasteiger charge is -2.32.